The number of nitrogens with zero attached hydrogens (tertiary/aromatic N) is 1. The van der Waals surface area contributed by atoms with Crippen molar-refractivity contribution in [3.63, 3.8) is 0 Å². The molecule has 4 aromatic carbocycles. The summed E-state index contributed by atoms with van der Waals surface area (Å²) in [7, 11) is 1.10. The summed E-state index contributed by atoms with van der Waals surface area (Å²) < 4.78 is 0. The molecular weight excluding hydrogens is 354 g/mol. The van der Waals surface area contributed by atoms with E-state index in [1.165, 1.54) is 16.3 Å². The quantitative estimate of drug-likeness (QED) is 0.336. The highest BCUT2D eigenvalue weighted by Crippen LogP contribution is 2.34. The summed E-state index contributed by atoms with van der Waals surface area (Å²) in [6, 6.07) is 38.4. The Hall–Kier alpha value is -3.36. The molecule has 4 aromatic rings. The molecule has 0 bridgehead atoms. The van der Waals surface area contributed by atoms with Crippen LogP contribution in [0.5, 0.6) is 0 Å². The molecule has 2 heteroatoms. The molecule has 0 unspecified atom stereocenters. The van der Waals surface area contributed by atoms with Gasteiger partial charge in [0, 0.05) is 27.3 Å². The third kappa shape index (κ3) is 4.30. The Bertz CT molecular complexity index is 998. The van der Waals surface area contributed by atoms with Crippen LogP contribution in [-0.2, 0) is 0 Å². The maximum Gasteiger partial charge on any atom is 0.0462 e. The van der Waals surface area contributed by atoms with E-state index in [1.54, 1.807) is 0 Å². The van der Waals surface area contributed by atoms with Gasteiger partial charge in [-0.15, -0.1) is 0 Å². The predicted molar refractivity (Wildman–Crippen MR) is 126 cm³/mol. The largest absolute Gasteiger partial charge is 0.311 e. The van der Waals surface area contributed by atoms with Crippen molar-refractivity contribution in [1.29, 1.82) is 0 Å². The summed E-state index contributed by atoms with van der Waals surface area (Å²) >= 11 is 0. The van der Waals surface area contributed by atoms with E-state index < -0.39 is 0 Å². The topological polar surface area (TPSA) is 3.24 Å². The van der Waals surface area contributed by atoms with Crippen LogP contribution in [0, 0.1) is 0 Å². The lowest BCUT2D eigenvalue weighted by Crippen LogP contribution is -2.09. The van der Waals surface area contributed by atoms with Crippen LogP contribution in [-0.4, -0.2) is 10.2 Å². The molecule has 0 fully saturated rings. The number of para-hydroxylation sites is 2. The first-order chi connectivity index (χ1) is 13.8. The van der Waals surface area contributed by atoms with Crippen LogP contribution < -0.4 is 10.1 Å². The molecule has 4 rings (SSSR count). The van der Waals surface area contributed by atoms with Gasteiger partial charge in [-0.05, 0) is 47.5 Å². The molecular formula is C26H23NSi. The second-order valence-electron chi connectivity index (χ2n) is 6.84. The van der Waals surface area contributed by atoms with E-state index in [1.807, 2.05) is 12.1 Å². The number of hydrogen-bond donors (Lipinski definition) is 0. The molecule has 1 nitrogen and oxygen atoms in total. The second-order valence-corrected chi connectivity index (χ2v) is 8.00. The molecule has 0 saturated carbocycles. The van der Waals surface area contributed by atoms with Crippen LogP contribution in [0.3, 0.4) is 0 Å². The number of rotatable bonds is 5. The smallest absolute Gasteiger partial charge is 0.0462 e. The van der Waals surface area contributed by atoms with Crippen molar-refractivity contribution < 1.29 is 0 Å². The lowest BCUT2D eigenvalue weighted by molar-refractivity contribution is 1.28. The Morgan fingerprint density at radius 1 is 0.464 bits per heavy atom. The zero-order valence-corrected chi connectivity index (χ0v) is 18.0. The van der Waals surface area contributed by atoms with Gasteiger partial charge in [-0.3, -0.25) is 0 Å². The molecule has 0 aromatic heterocycles. The first kappa shape index (κ1) is 18.0. The number of hydrogen-bond acceptors (Lipinski definition) is 1. The molecule has 0 aliphatic rings. The summed E-state index contributed by atoms with van der Waals surface area (Å²) in [5.74, 6) is 0. The molecule has 0 heterocycles. The van der Waals surface area contributed by atoms with Gasteiger partial charge >= 0.3 is 0 Å². The molecule has 136 valence electrons. The minimum Gasteiger partial charge on any atom is -0.311 e. The van der Waals surface area contributed by atoms with Gasteiger partial charge in [-0.25, -0.2) is 0 Å². The van der Waals surface area contributed by atoms with Crippen LogP contribution >= 0.6 is 0 Å². The fourth-order valence-electron chi connectivity index (χ4n) is 3.21. The maximum atomic E-state index is 2.28. The zero-order chi connectivity index (χ0) is 19.2. The van der Waals surface area contributed by atoms with Crippen LogP contribution in [0.15, 0.2) is 109 Å². The van der Waals surface area contributed by atoms with E-state index in [0.29, 0.717) is 0 Å². The molecule has 28 heavy (non-hydrogen) atoms. The Morgan fingerprint density at radius 3 is 1.32 bits per heavy atom. The summed E-state index contributed by atoms with van der Waals surface area (Å²) in [4.78, 5) is 2.28. The standard InChI is InChI=1S/C26H23NSi/c28-26-19-15-22(16-20-26)12-11-21-13-17-25(18-14-21)27(23-7-3-1-4-8-23)24-9-5-2-6-10-24/h1-20H,28H3. The van der Waals surface area contributed by atoms with E-state index in [4.69, 9.17) is 0 Å². The van der Waals surface area contributed by atoms with E-state index in [2.05, 4.69) is 114 Å². The molecule has 0 atom stereocenters. The molecule has 0 spiro atoms. The Kier molecular flexibility index (Phi) is 5.50. The summed E-state index contributed by atoms with van der Waals surface area (Å²) in [5, 5.41) is 1.42. The predicted octanol–water partition coefficient (Wildman–Crippen LogP) is 5.32. The summed E-state index contributed by atoms with van der Waals surface area (Å²) in [5.41, 5.74) is 5.88. The second kappa shape index (κ2) is 8.55. The van der Waals surface area contributed by atoms with Gasteiger partial charge in [0.1, 0.15) is 0 Å². The summed E-state index contributed by atoms with van der Waals surface area (Å²) in [6.07, 6.45) is 4.34. The fourth-order valence-corrected chi connectivity index (χ4v) is 3.54. The van der Waals surface area contributed by atoms with E-state index in [0.717, 1.165) is 27.3 Å². The molecule has 0 N–H and O–H groups in total. The van der Waals surface area contributed by atoms with Crippen LogP contribution in [0.2, 0.25) is 0 Å². The van der Waals surface area contributed by atoms with Gasteiger partial charge in [0.15, 0.2) is 0 Å². The lowest BCUT2D eigenvalue weighted by atomic mass is 10.1. The monoisotopic (exact) mass is 377 g/mol. The van der Waals surface area contributed by atoms with Crippen molar-refractivity contribution in [2.24, 2.45) is 0 Å². The van der Waals surface area contributed by atoms with Gasteiger partial charge in [0.25, 0.3) is 0 Å². The molecule has 0 radical (unpaired) electrons. The third-order valence-corrected chi connectivity index (χ3v) is 5.39. The third-order valence-electron chi connectivity index (χ3n) is 4.73. The number of benzene rings is 4. The van der Waals surface area contributed by atoms with E-state index >= 15 is 0 Å². The van der Waals surface area contributed by atoms with Gasteiger partial charge in [0.05, 0.1) is 0 Å². The van der Waals surface area contributed by atoms with Gasteiger partial charge in [-0.1, -0.05) is 90.1 Å². The van der Waals surface area contributed by atoms with Gasteiger partial charge in [0.2, 0.25) is 0 Å². The highest BCUT2D eigenvalue weighted by atomic mass is 28.1. The maximum absolute atomic E-state index is 2.28. The minimum absolute atomic E-state index is 1.10. The zero-order valence-electron chi connectivity index (χ0n) is 16.0. The SMILES string of the molecule is [SiH3]c1ccc(C=Cc2ccc(N(c3ccccc3)c3ccccc3)cc2)cc1. The van der Waals surface area contributed by atoms with Gasteiger partial charge < -0.3 is 4.90 Å². The van der Waals surface area contributed by atoms with Crippen molar-refractivity contribution in [2.45, 2.75) is 0 Å². The fraction of sp³-hybridized carbons (Fsp3) is 0. The Morgan fingerprint density at radius 2 is 0.857 bits per heavy atom. The van der Waals surface area contributed by atoms with Crippen LogP contribution in [0.4, 0.5) is 17.1 Å². The number of anilines is 3. The van der Waals surface area contributed by atoms with Crippen molar-refractivity contribution in [3.05, 3.63) is 120 Å². The first-order valence-electron chi connectivity index (χ1n) is 9.55. The minimum atomic E-state index is 1.10. The normalized spacial score (nSPS) is 11.0. The first-order valence-corrected chi connectivity index (χ1v) is 10.5. The Labute approximate surface area is 170 Å². The van der Waals surface area contributed by atoms with Crippen molar-refractivity contribution in [2.75, 3.05) is 4.90 Å². The van der Waals surface area contributed by atoms with Crippen molar-refractivity contribution >= 4 is 44.6 Å². The summed E-state index contributed by atoms with van der Waals surface area (Å²) in [6.45, 7) is 0. The van der Waals surface area contributed by atoms with Crippen LogP contribution in [0.25, 0.3) is 12.2 Å². The lowest BCUT2D eigenvalue weighted by Gasteiger charge is -2.25. The van der Waals surface area contributed by atoms with E-state index in [9.17, 15) is 0 Å². The van der Waals surface area contributed by atoms with E-state index in [-0.39, 0.29) is 0 Å². The van der Waals surface area contributed by atoms with Crippen LogP contribution in [0.1, 0.15) is 11.1 Å². The van der Waals surface area contributed by atoms with Gasteiger partial charge in [-0.2, -0.15) is 0 Å². The highest BCUT2D eigenvalue weighted by molar-refractivity contribution is 6.32. The molecule has 0 aliphatic heterocycles. The molecule has 0 aliphatic carbocycles. The average molecular weight is 378 g/mol. The molecule has 0 amide bonds. The van der Waals surface area contributed by atoms with Crippen molar-refractivity contribution in [1.82, 2.24) is 0 Å². The molecule has 0 saturated heterocycles. The Balaban J connectivity index is 1.62. The van der Waals surface area contributed by atoms with Crippen molar-refractivity contribution in [3.8, 4) is 0 Å². The highest BCUT2D eigenvalue weighted by Gasteiger charge is 2.11. The average Bonchev–Trinajstić information content (AvgIpc) is 2.76.